The van der Waals surface area contributed by atoms with Gasteiger partial charge in [-0.2, -0.15) is 0 Å². The number of nitrogens with two attached hydrogens (primary N) is 1. The van der Waals surface area contributed by atoms with Crippen LogP contribution in [0.4, 0.5) is 17.1 Å². The van der Waals surface area contributed by atoms with Gasteiger partial charge in [0, 0.05) is 51.0 Å². The van der Waals surface area contributed by atoms with Crippen LogP contribution in [-0.2, 0) is 44.0 Å². The molecule has 1 unspecified atom stereocenters. The van der Waals surface area contributed by atoms with Gasteiger partial charge in [0.2, 0.25) is 5.91 Å². The SMILES string of the molecule is NC(=O)C1COc2ccc(NO)cc2N1Cc1ccccc1.[NH-]c1ccc2cc[nH]c2c1.[Y]. The molecule has 0 aliphatic carbocycles. The van der Waals surface area contributed by atoms with E-state index in [0.717, 1.165) is 22.2 Å². The van der Waals surface area contributed by atoms with Gasteiger partial charge in [0.05, 0.1) is 11.4 Å². The van der Waals surface area contributed by atoms with Gasteiger partial charge in [-0.05, 0) is 35.2 Å². The number of benzene rings is 3. The number of carbonyl (C=O) groups is 1. The Hall–Kier alpha value is -3.07. The molecule has 1 aromatic heterocycles. The number of ether oxygens (including phenoxy) is 1. The maximum absolute atomic E-state index is 11.8. The standard InChI is InChI=1S/C16H17N3O3.C8H7N2.Y/c17-16(20)14-10-22-15-7-6-12(18-21)8-13(15)19(14)9-11-4-2-1-3-5-11;9-7-2-1-6-3-4-10-8(6)5-7;/h1-8,14,18,21H,9-10H2,(H2,17,20);1-5,9-10H;/q;-1;. The summed E-state index contributed by atoms with van der Waals surface area (Å²) in [6, 6.07) is 22.0. The van der Waals surface area contributed by atoms with Gasteiger partial charge >= 0.3 is 0 Å². The summed E-state index contributed by atoms with van der Waals surface area (Å²) in [5.41, 5.74) is 18.8. The smallest absolute Gasteiger partial charge is 0.243 e. The second-order valence-corrected chi connectivity index (χ2v) is 7.42. The van der Waals surface area contributed by atoms with Crippen molar-refractivity contribution in [2.45, 2.75) is 12.6 Å². The topological polar surface area (TPSA) is 127 Å². The maximum atomic E-state index is 11.8. The summed E-state index contributed by atoms with van der Waals surface area (Å²) >= 11 is 0. The van der Waals surface area contributed by atoms with Crippen LogP contribution in [0.25, 0.3) is 16.6 Å². The Balaban J connectivity index is 0.000000233. The molecule has 5 rings (SSSR count). The maximum Gasteiger partial charge on any atom is 0.243 e. The van der Waals surface area contributed by atoms with E-state index in [0.29, 0.717) is 23.7 Å². The van der Waals surface area contributed by atoms with Crippen molar-refractivity contribution in [1.82, 2.24) is 4.98 Å². The molecule has 0 fully saturated rings. The molecule has 167 valence electrons. The van der Waals surface area contributed by atoms with Crippen LogP contribution in [0.3, 0.4) is 0 Å². The van der Waals surface area contributed by atoms with Crippen LogP contribution in [0, 0.1) is 0 Å². The number of nitrogens with one attached hydrogen (secondary N) is 3. The van der Waals surface area contributed by atoms with Gasteiger partial charge in [-0.25, -0.2) is 0 Å². The van der Waals surface area contributed by atoms with Crippen LogP contribution in [0.15, 0.2) is 79.0 Å². The van der Waals surface area contributed by atoms with Gasteiger partial charge < -0.3 is 26.1 Å². The molecule has 33 heavy (non-hydrogen) atoms. The number of aromatic amines is 1. The molecule has 9 heteroatoms. The molecule has 1 aliphatic rings. The predicted octanol–water partition coefficient (Wildman–Crippen LogP) is 4.59. The molecule has 1 amide bonds. The third-order valence-corrected chi connectivity index (χ3v) is 5.25. The van der Waals surface area contributed by atoms with E-state index < -0.39 is 11.9 Å². The van der Waals surface area contributed by atoms with E-state index in [-0.39, 0.29) is 39.3 Å². The van der Waals surface area contributed by atoms with Crippen molar-refractivity contribution in [3.05, 3.63) is 90.3 Å². The average Bonchev–Trinajstić information content (AvgIpc) is 3.27. The average molecular weight is 519 g/mol. The van der Waals surface area contributed by atoms with Gasteiger partial charge in [-0.1, -0.05) is 48.5 Å². The van der Waals surface area contributed by atoms with Crippen LogP contribution in [-0.4, -0.2) is 28.7 Å². The van der Waals surface area contributed by atoms with E-state index in [4.69, 9.17) is 21.4 Å². The Morgan fingerprint density at radius 1 is 1.15 bits per heavy atom. The first kappa shape index (κ1) is 24.6. The van der Waals surface area contributed by atoms with Crippen molar-refractivity contribution in [3.63, 3.8) is 0 Å². The zero-order valence-electron chi connectivity index (χ0n) is 17.9. The number of primary amides is 1. The molecule has 8 nitrogen and oxygen atoms in total. The zero-order valence-corrected chi connectivity index (χ0v) is 20.7. The summed E-state index contributed by atoms with van der Waals surface area (Å²) in [5.74, 6) is 0.219. The quantitative estimate of drug-likeness (QED) is 0.294. The van der Waals surface area contributed by atoms with Crippen LogP contribution in [0.2, 0.25) is 0 Å². The van der Waals surface area contributed by atoms with Crippen molar-refractivity contribution in [1.29, 1.82) is 0 Å². The van der Waals surface area contributed by atoms with Gasteiger partial charge in [0.1, 0.15) is 18.4 Å². The first-order chi connectivity index (χ1) is 15.5. The van der Waals surface area contributed by atoms with Crippen LogP contribution < -0.4 is 20.9 Å². The molecule has 0 saturated heterocycles. The first-order valence-electron chi connectivity index (χ1n) is 10.1. The molecule has 0 bridgehead atoms. The summed E-state index contributed by atoms with van der Waals surface area (Å²) in [5, 5.41) is 10.3. The van der Waals surface area contributed by atoms with Gasteiger partial charge in [-0.15, -0.1) is 5.69 Å². The summed E-state index contributed by atoms with van der Waals surface area (Å²) in [7, 11) is 0. The van der Waals surface area contributed by atoms with E-state index >= 15 is 0 Å². The minimum Gasteiger partial charge on any atom is -0.699 e. The van der Waals surface area contributed by atoms with Crippen LogP contribution >= 0.6 is 0 Å². The molecular weight excluding hydrogens is 495 g/mol. The zero-order chi connectivity index (χ0) is 22.5. The van der Waals surface area contributed by atoms with E-state index in [2.05, 4.69) is 10.5 Å². The fourth-order valence-corrected chi connectivity index (χ4v) is 3.62. The molecular formula is C24H24N5O3Y-. The van der Waals surface area contributed by atoms with Crippen molar-refractivity contribution in [2.75, 3.05) is 17.0 Å². The second-order valence-electron chi connectivity index (χ2n) is 7.42. The second kappa shape index (κ2) is 11.2. The third-order valence-electron chi connectivity index (χ3n) is 5.25. The summed E-state index contributed by atoms with van der Waals surface area (Å²) < 4.78 is 5.61. The number of fused-ring (bicyclic) bond motifs is 2. The largest absolute Gasteiger partial charge is 0.699 e. The number of carbonyl (C=O) groups excluding carboxylic acids is 1. The van der Waals surface area contributed by atoms with Crippen molar-refractivity contribution < 1.29 is 47.4 Å². The Kier molecular flexibility index (Phi) is 8.33. The molecule has 0 spiro atoms. The minimum absolute atomic E-state index is 0. The number of amides is 1. The molecule has 3 aromatic carbocycles. The normalized spacial score (nSPS) is 14.2. The number of nitrogens with zero attached hydrogens (tertiary/aromatic N) is 1. The molecule has 2 heterocycles. The molecule has 1 radical (unpaired) electrons. The Morgan fingerprint density at radius 3 is 2.67 bits per heavy atom. The third kappa shape index (κ3) is 5.84. The molecule has 0 saturated carbocycles. The molecule has 4 aromatic rings. The van der Waals surface area contributed by atoms with Crippen molar-refractivity contribution in [2.24, 2.45) is 5.73 Å². The fraction of sp³-hybridized carbons (Fsp3) is 0.125. The summed E-state index contributed by atoms with van der Waals surface area (Å²) in [4.78, 5) is 16.7. The number of aromatic nitrogens is 1. The van der Waals surface area contributed by atoms with Gasteiger partial charge in [-0.3, -0.25) is 15.5 Å². The Morgan fingerprint density at radius 2 is 1.94 bits per heavy atom. The van der Waals surface area contributed by atoms with Crippen molar-refractivity contribution in [3.8, 4) is 5.75 Å². The summed E-state index contributed by atoms with van der Waals surface area (Å²) in [6.45, 7) is 0.737. The molecule has 1 atom stereocenters. The van der Waals surface area contributed by atoms with Crippen molar-refractivity contribution >= 4 is 33.9 Å². The monoisotopic (exact) mass is 519 g/mol. The molecule has 6 N–H and O–H groups in total. The number of H-pyrrole nitrogens is 1. The first-order valence-corrected chi connectivity index (χ1v) is 10.1. The Bertz CT molecular complexity index is 1220. The van der Waals surface area contributed by atoms with Crippen LogP contribution in [0.1, 0.15) is 5.56 Å². The number of anilines is 2. The summed E-state index contributed by atoms with van der Waals surface area (Å²) in [6.07, 6.45) is 1.88. The number of hydrogen-bond acceptors (Lipinski definition) is 5. The minimum atomic E-state index is -0.554. The Labute approximate surface area is 216 Å². The molecule has 1 aliphatic heterocycles. The number of hydrogen-bond donors (Lipinski definition) is 4. The van der Waals surface area contributed by atoms with Gasteiger partial charge in [0.15, 0.2) is 0 Å². The van der Waals surface area contributed by atoms with Crippen LogP contribution in [0.5, 0.6) is 5.75 Å². The number of rotatable bonds is 4. The predicted molar refractivity (Wildman–Crippen MR) is 125 cm³/mol. The van der Waals surface area contributed by atoms with E-state index in [1.807, 2.05) is 59.6 Å². The van der Waals surface area contributed by atoms with E-state index in [1.165, 1.54) is 0 Å². The van der Waals surface area contributed by atoms with Gasteiger partial charge in [0.25, 0.3) is 0 Å². The van der Waals surface area contributed by atoms with E-state index in [1.54, 1.807) is 24.3 Å². The van der Waals surface area contributed by atoms with E-state index in [9.17, 15) is 4.79 Å². The fourth-order valence-electron chi connectivity index (χ4n) is 3.62.